The Balaban J connectivity index is 2.54. The molecule has 0 amide bonds. The van der Waals surface area contributed by atoms with Crippen molar-refractivity contribution in [1.29, 1.82) is 0 Å². The summed E-state index contributed by atoms with van der Waals surface area (Å²) in [5.74, 6) is 5.98. The number of esters is 1. The van der Waals surface area contributed by atoms with Crippen LogP contribution in [0.5, 0.6) is 0 Å². The van der Waals surface area contributed by atoms with Gasteiger partial charge in [0.2, 0.25) is 0 Å². The highest BCUT2D eigenvalue weighted by atomic mass is 35.5. The number of hydrogen-bond donors (Lipinski definition) is 0. The van der Waals surface area contributed by atoms with Crippen molar-refractivity contribution in [2.24, 2.45) is 0 Å². The van der Waals surface area contributed by atoms with Crippen molar-refractivity contribution in [1.82, 2.24) is 0 Å². The number of alkyl halides is 1. The van der Waals surface area contributed by atoms with Crippen molar-refractivity contribution in [2.75, 3.05) is 12.5 Å². The summed E-state index contributed by atoms with van der Waals surface area (Å²) in [6.07, 6.45) is 0.918. The molecule has 3 nitrogen and oxygen atoms in total. The van der Waals surface area contributed by atoms with E-state index >= 15 is 0 Å². The Hall–Kier alpha value is -1.79. The van der Waals surface area contributed by atoms with E-state index in [9.17, 15) is 9.59 Å². The Kier molecular flexibility index (Phi) is 7.46. The monoisotopic (exact) mass is 292 g/mol. The predicted octanol–water partition coefficient (Wildman–Crippen LogP) is 3.19. The number of rotatable bonds is 6. The van der Waals surface area contributed by atoms with Crippen LogP contribution in [0.2, 0.25) is 0 Å². The minimum atomic E-state index is -0.343. The van der Waals surface area contributed by atoms with Crippen LogP contribution in [0.4, 0.5) is 0 Å². The molecule has 0 heterocycles. The van der Waals surface area contributed by atoms with E-state index in [1.165, 1.54) is 0 Å². The van der Waals surface area contributed by atoms with Crippen LogP contribution >= 0.6 is 11.6 Å². The first-order valence-corrected chi connectivity index (χ1v) is 7.04. The highest BCUT2D eigenvalue weighted by Crippen LogP contribution is 2.08. The molecule has 0 bridgehead atoms. The van der Waals surface area contributed by atoms with Gasteiger partial charge in [-0.2, -0.15) is 0 Å². The number of Topliss-reactive ketones (excluding diaryl/α,β-unsaturated/α-hetero) is 1. The van der Waals surface area contributed by atoms with E-state index in [1.54, 1.807) is 31.2 Å². The van der Waals surface area contributed by atoms with Gasteiger partial charge in [0.25, 0.3) is 0 Å². The zero-order valence-electron chi connectivity index (χ0n) is 11.4. The van der Waals surface area contributed by atoms with Crippen molar-refractivity contribution >= 4 is 23.4 Å². The molecule has 0 N–H and O–H groups in total. The standard InChI is InChI=1S/C16H17ClO3/c1-2-20-16(19)11-10-15(18)14-8-6-13(7-9-14)5-3-4-12-17/h6-9H,2,4,10-12H2,1H3. The highest BCUT2D eigenvalue weighted by molar-refractivity contribution is 6.18. The molecule has 20 heavy (non-hydrogen) atoms. The molecular formula is C16H17ClO3. The van der Waals surface area contributed by atoms with E-state index in [0.717, 1.165) is 5.56 Å². The molecule has 1 rings (SSSR count). The van der Waals surface area contributed by atoms with Gasteiger partial charge in [-0.3, -0.25) is 9.59 Å². The molecule has 1 aromatic carbocycles. The van der Waals surface area contributed by atoms with E-state index in [4.69, 9.17) is 16.3 Å². The van der Waals surface area contributed by atoms with E-state index in [0.29, 0.717) is 24.5 Å². The molecule has 4 heteroatoms. The zero-order valence-corrected chi connectivity index (χ0v) is 12.2. The fourth-order valence-corrected chi connectivity index (χ4v) is 1.64. The van der Waals surface area contributed by atoms with Gasteiger partial charge in [0.1, 0.15) is 0 Å². The van der Waals surface area contributed by atoms with E-state index in [2.05, 4.69) is 11.8 Å². The van der Waals surface area contributed by atoms with Gasteiger partial charge in [-0.15, -0.1) is 11.6 Å². The second-order valence-corrected chi connectivity index (χ2v) is 4.42. The first-order valence-electron chi connectivity index (χ1n) is 6.51. The molecule has 0 radical (unpaired) electrons. The summed E-state index contributed by atoms with van der Waals surface area (Å²) in [4.78, 5) is 23.0. The highest BCUT2D eigenvalue weighted by Gasteiger charge is 2.09. The van der Waals surface area contributed by atoms with Gasteiger partial charge in [-0.05, 0) is 19.1 Å². The molecular weight excluding hydrogens is 276 g/mol. The lowest BCUT2D eigenvalue weighted by atomic mass is 10.0. The van der Waals surface area contributed by atoms with Crippen LogP contribution < -0.4 is 0 Å². The van der Waals surface area contributed by atoms with Crippen molar-refractivity contribution in [2.45, 2.75) is 26.2 Å². The smallest absolute Gasteiger partial charge is 0.306 e. The van der Waals surface area contributed by atoms with E-state index < -0.39 is 0 Å². The topological polar surface area (TPSA) is 43.4 Å². The number of carbonyl (C=O) groups excluding carboxylic acids is 2. The molecule has 106 valence electrons. The van der Waals surface area contributed by atoms with Gasteiger partial charge in [-0.25, -0.2) is 0 Å². The first kappa shape index (κ1) is 16.3. The Morgan fingerprint density at radius 1 is 1.20 bits per heavy atom. The van der Waals surface area contributed by atoms with Gasteiger partial charge in [0.05, 0.1) is 13.0 Å². The molecule has 0 aliphatic rings. The summed E-state index contributed by atoms with van der Waals surface area (Å²) < 4.78 is 4.78. The molecule has 0 fully saturated rings. The SMILES string of the molecule is CCOC(=O)CCC(=O)c1ccc(C#CCCCl)cc1. The maximum Gasteiger partial charge on any atom is 0.306 e. The molecule has 1 aromatic rings. The number of ketones is 1. The maximum atomic E-state index is 11.9. The molecule has 0 unspecified atom stereocenters. The molecule has 0 saturated heterocycles. The van der Waals surface area contributed by atoms with Crippen LogP contribution in [0.1, 0.15) is 42.1 Å². The normalized spacial score (nSPS) is 9.50. The minimum Gasteiger partial charge on any atom is -0.466 e. The molecule has 0 spiro atoms. The number of halogens is 1. The molecule has 0 aromatic heterocycles. The molecule has 0 aliphatic carbocycles. The average molecular weight is 293 g/mol. The fourth-order valence-electron chi connectivity index (χ4n) is 1.54. The number of benzene rings is 1. The number of hydrogen-bond acceptors (Lipinski definition) is 3. The number of ether oxygens (including phenoxy) is 1. The van der Waals surface area contributed by atoms with Crippen LogP contribution in [0.25, 0.3) is 0 Å². The Bertz CT molecular complexity index is 509. The summed E-state index contributed by atoms with van der Waals surface area (Å²) in [5, 5.41) is 0. The Labute approximate surface area is 124 Å². The van der Waals surface area contributed by atoms with Crippen LogP contribution in [-0.4, -0.2) is 24.2 Å². The van der Waals surface area contributed by atoms with Gasteiger partial charge in [-0.1, -0.05) is 24.0 Å². The van der Waals surface area contributed by atoms with Crippen molar-refractivity contribution in [3.63, 3.8) is 0 Å². The van der Waals surface area contributed by atoms with Crippen molar-refractivity contribution in [3.05, 3.63) is 35.4 Å². The summed E-state index contributed by atoms with van der Waals surface area (Å²) in [6, 6.07) is 7.02. The third-order valence-corrected chi connectivity index (χ3v) is 2.71. The average Bonchev–Trinajstić information content (AvgIpc) is 2.46. The van der Waals surface area contributed by atoms with Crippen LogP contribution in [0.3, 0.4) is 0 Å². The third kappa shape index (κ3) is 5.90. The zero-order chi connectivity index (χ0) is 14.8. The molecule has 0 aliphatic heterocycles. The second kappa shape index (κ2) is 9.17. The van der Waals surface area contributed by atoms with Crippen molar-refractivity contribution in [3.8, 4) is 11.8 Å². The van der Waals surface area contributed by atoms with Crippen LogP contribution in [-0.2, 0) is 9.53 Å². The summed E-state index contributed by atoms with van der Waals surface area (Å²) in [6.45, 7) is 2.08. The summed E-state index contributed by atoms with van der Waals surface area (Å²) >= 11 is 5.53. The summed E-state index contributed by atoms with van der Waals surface area (Å²) in [7, 11) is 0. The predicted molar refractivity (Wildman–Crippen MR) is 78.9 cm³/mol. The Morgan fingerprint density at radius 3 is 2.50 bits per heavy atom. The van der Waals surface area contributed by atoms with Gasteiger partial charge < -0.3 is 4.74 Å². The largest absolute Gasteiger partial charge is 0.466 e. The Morgan fingerprint density at radius 2 is 1.90 bits per heavy atom. The lowest BCUT2D eigenvalue weighted by Gasteiger charge is -2.02. The maximum absolute atomic E-state index is 11.9. The summed E-state index contributed by atoms with van der Waals surface area (Å²) in [5.41, 5.74) is 1.43. The quantitative estimate of drug-likeness (QED) is 0.350. The van der Waals surface area contributed by atoms with E-state index in [1.807, 2.05) is 0 Å². The minimum absolute atomic E-state index is 0.0710. The third-order valence-electron chi connectivity index (χ3n) is 2.52. The van der Waals surface area contributed by atoms with Crippen LogP contribution in [0, 0.1) is 11.8 Å². The van der Waals surface area contributed by atoms with Gasteiger partial charge in [0, 0.05) is 29.8 Å². The van der Waals surface area contributed by atoms with Crippen LogP contribution in [0.15, 0.2) is 24.3 Å². The lowest BCUT2D eigenvalue weighted by molar-refractivity contribution is -0.143. The molecule has 0 saturated carbocycles. The molecule has 0 atom stereocenters. The van der Waals surface area contributed by atoms with Gasteiger partial charge >= 0.3 is 5.97 Å². The lowest BCUT2D eigenvalue weighted by Crippen LogP contribution is -2.07. The number of carbonyl (C=O) groups is 2. The second-order valence-electron chi connectivity index (χ2n) is 4.05. The van der Waals surface area contributed by atoms with E-state index in [-0.39, 0.29) is 24.6 Å². The van der Waals surface area contributed by atoms with Gasteiger partial charge in [0.15, 0.2) is 5.78 Å². The fraction of sp³-hybridized carbons (Fsp3) is 0.375. The van der Waals surface area contributed by atoms with Crippen molar-refractivity contribution < 1.29 is 14.3 Å². The first-order chi connectivity index (χ1) is 9.67.